The monoisotopic (exact) mass is 525 g/mol. The molecule has 186 valence electrons. The summed E-state index contributed by atoms with van der Waals surface area (Å²) >= 11 is 1.06. The molecule has 0 aliphatic carbocycles. The Kier molecular flexibility index (Phi) is 6.93. The summed E-state index contributed by atoms with van der Waals surface area (Å²) in [5, 5.41) is 3.55. The number of aryl methyl sites for hydroxylation is 1. The average Bonchev–Trinajstić information content (AvgIpc) is 3.28. The highest BCUT2D eigenvalue weighted by molar-refractivity contribution is 7.88. The Balaban J connectivity index is 1.62. The maximum absolute atomic E-state index is 13.7. The number of nitrogens with one attached hydrogen (secondary N) is 1. The van der Waals surface area contributed by atoms with Crippen molar-refractivity contribution in [1.82, 2.24) is 19.3 Å². The molecule has 1 aliphatic heterocycles. The number of hydrogen-bond donors (Lipinski definition) is 1. The molecule has 0 atom stereocenters. The second-order valence-electron chi connectivity index (χ2n) is 8.26. The minimum Gasteiger partial charge on any atom is -0.351 e. The van der Waals surface area contributed by atoms with Gasteiger partial charge >= 0.3 is 6.18 Å². The van der Waals surface area contributed by atoms with Gasteiger partial charge in [-0.2, -0.15) is 13.2 Å². The lowest BCUT2D eigenvalue weighted by molar-refractivity contribution is -0.137. The molecule has 1 aromatic carbocycles. The number of nitrogens with zero attached hydrogens (tertiary/aromatic N) is 4. The number of piperidine rings is 1. The van der Waals surface area contributed by atoms with E-state index in [9.17, 15) is 26.4 Å². The van der Waals surface area contributed by atoms with Crippen LogP contribution in [0.15, 0.2) is 30.6 Å². The van der Waals surface area contributed by atoms with E-state index in [1.165, 1.54) is 10.5 Å². The SMILES string of the molecule is Cc1cc(C=O)ccc1-c1ncc(-c2nc(NC3CCN(S(C)(=O)=O)CC3)ncc2C(F)(F)F)s1. The van der Waals surface area contributed by atoms with Gasteiger partial charge in [-0.1, -0.05) is 12.1 Å². The van der Waals surface area contributed by atoms with Crippen molar-refractivity contribution in [3.05, 3.63) is 47.3 Å². The Morgan fingerprint density at radius 3 is 2.49 bits per heavy atom. The topological polar surface area (TPSA) is 105 Å². The van der Waals surface area contributed by atoms with Crippen LogP contribution in [-0.4, -0.2) is 59.3 Å². The fraction of sp³-hybridized carbons (Fsp3) is 0.364. The van der Waals surface area contributed by atoms with E-state index in [1.54, 1.807) is 25.1 Å². The van der Waals surface area contributed by atoms with E-state index in [-0.39, 0.29) is 22.6 Å². The summed E-state index contributed by atoms with van der Waals surface area (Å²) in [6.07, 6.45) is 0.258. The first kappa shape index (κ1) is 25.2. The van der Waals surface area contributed by atoms with E-state index < -0.39 is 21.8 Å². The van der Waals surface area contributed by atoms with Crippen molar-refractivity contribution < 1.29 is 26.4 Å². The van der Waals surface area contributed by atoms with Gasteiger partial charge in [0.05, 0.1) is 16.8 Å². The van der Waals surface area contributed by atoms with Gasteiger partial charge in [0, 0.05) is 42.7 Å². The third kappa shape index (κ3) is 5.68. The zero-order chi connectivity index (χ0) is 25.4. The number of hydrogen-bond acceptors (Lipinski definition) is 8. The van der Waals surface area contributed by atoms with Crippen LogP contribution >= 0.6 is 11.3 Å². The van der Waals surface area contributed by atoms with Crippen LogP contribution < -0.4 is 5.32 Å². The van der Waals surface area contributed by atoms with Crippen molar-refractivity contribution in [2.75, 3.05) is 24.7 Å². The van der Waals surface area contributed by atoms with Crippen LogP contribution in [-0.2, 0) is 16.2 Å². The largest absolute Gasteiger partial charge is 0.420 e. The van der Waals surface area contributed by atoms with Gasteiger partial charge < -0.3 is 5.32 Å². The van der Waals surface area contributed by atoms with Crippen molar-refractivity contribution in [3.8, 4) is 21.1 Å². The van der Waals surface area contributed by atoms with Crippen LogP contribution in [0.4, 0.5) is 19.1 Å². The smallest absolute Gasteiger partial charge is 0.351 e. The quantitative estimate of drug-likeness (QED) is 0.480. The second-order valence-corrected chi connectivity index (χ2v) is 11.3. The van der Waals surface area contributed by atoms with Gasteiger partial charge in [-0.25, -0.2) is 27.7 Å². The molecular weight excluding hydrogens is 503 g/mol. The van der Waals surface area contributed by atoms with Crippen molar-refractivity contribution >= 4 is 33.6 Å². The molecule has 35 heavy (non-hydrogen) atoms. The minimum atomic E-state index is -4.67. The Morgan fingerprint density at radius 1 is 1.17 bits per heavy atom. The molecule has 3 aromatic rings. The predicted molar refractivity (Wildman–Crippen MR) is 127 cm³/mol. The van der Waals surface area contributed by atoms with Gasteiger partial charge in [-0.3, -0.25) is 4.79 Å². The number of benzene rings is 1. The molecule has 1 saturated heterocycles. The van der Waals surface area contributed by atoms with Crippen molar-refractivity contribution in [3.63, 3.8) is 0 Å². The van der Waals surface area contributed by atoms with Crippen LogP contribution in [0.2, 0.25) is 0 Å². The van der Waals surface area contributed by atoms with E-state index in [1.807, 2.05) is 0 Å². The predicted octanol–water partition coefficient (Wildman–Crippen LogP) is 4.24. The number of sulfonamides is 1. The average molecular weight is 526 g/mol. The molecule has 1 fully saturated rings. The lowest BCUT2D eigenvalue weighted by Crippen LogP contribution is -2.42. The fourth-order valence-corrected chi connectivity index (χ4v) is 5.75. The molecule has 1 N–H and O–H groups in total. The maximum Gasteiger partial charge on any atom is 0.420 e. The van der Waals surface area contributed by atoms with E-state index in [0.717, 1.165) is 35.6 Å². The van der Waals surface area contributed by atoms with Crippen molar-refractivity contribution in [2.24, 2.45) is 0 Å². The molecule has 0 bridgehead atoms. The highest BCUT2D eigenvalue weighted by Crippen LogP contribution is 2.40. The van der Waals surface area contributed by atoms with Crippen LogP contribution in [0.3, 0.4) is 0 Å². The molecule has 1 aliphatic rings. The van der Waals surface area contributed by atoms with Gasteiger partial charge in [-0.15, -0.1) is 11.3 Å². The third-order valence-electron chi connectivity index (χ3n) is 5.71. The van der Waals surface area contributed by atoms with Gasteiger partial charge in [0.2, 0.25) is 16.0 Å². The second kappa shape index (κ2) is 9.63. The summed E-state index contributed by atoms with van der Waals surface area (Å²) in [7, 11) is -3.29. The van der Waals surface area contributed by atoms with E-state index in [4.69, 9.17) is 0 Å². The summed E-state index contributed by atoms with van der Waals surface area (Å²) in [5.41, 5.74) is 0.728. The molecule has 0 amide bonds. The molecule has 4 rings (SSSR count). The Morgan fingerprint density at radius 2 is 1.89 bits per heavy atom. The normalized spacial score (nSPS) is 15.8. The molecule has 0 saturated carbocycles. The number of anilines is 1. The fourth-order valence-electron chi connectivity index (χ4n) is 3.87. The van der Waals surface area contributed by atoms with Crippen LogP contribution in [0.5, 0.6) is 0 Å². The number of aldehydes is 1. The summed E-state index contributed by atoms with van der Waals surface area (Å²) in [6.45, 7) is 2.42. The van der Waals surface area contributed by atoms with Gasteiger partial charge in [0.1, 0.15) is 16.9 Å². The summed E-state index contributed by atoms with van der Waals surface area (Å²) in [5.74, 6) is 0.0345. The number of halogens is 3. The molecule has 3 heterocycles. The summed E-state index contributed by atoms with van der Waals surface area (Å²) < 4.78 is 66.0. The molecule has 0 spiro atoms. The molecular formula is C22H22F3N5O3S2. The van der Waals surface area contributed by atoms with Crippen LogP contribution in [0.25, 0.3) is 21.1 Å². The summed E-state index contributed by atoms with van der Waals surface area (Å²) in [4.78, 5) is 23.6. The number of carbonyl (C=O) groups excluding carboxylic acids is 1. The van der Waals surface area contributed by atoms with Crippen LogP contribution in [0.1, 0.15) is 34.3 Å². The van der Waals surface area contributed by atoms with Gasteiger partial charge in [-0.05, 0) is 31.4 Å². The maximum atomic E-state index is 13.7. The number of thiazole rings is 1. The molecule has 8 nitrogen and oxygen atoms in total. The van der Waals surface area contributed by atoms with E-state index in [0.29, 0.717) is 42.1 Å². The lowest BCUT2D eigenvalue weighted by atomic mass is 10.1. The first-order valence-corrected chi connectivity index (χ1v) is 13.3. The molecule has 2 aromatic heterocycles. The zero-order valence-electron chi connectivity index (χ0n) is 18.8. The Bertz CT molecular complexity index is 1350. The highest BCUT2D eigenvalue weighted by Gasteiger charge is 2.36. The van der Waals surface area contributed by atoms with Gasteiger partial charge in [0.25, 0.3) is 0 Å². The minimum absolute atomic E-state index is 0.0345. The Hall–Kier alpha value is -2.90. The Labute approximate surface area is 204 Å². The first-order chi connectivity index (χ1) is 16.5. The number of rotatable bonds is 6. The van der Waals surface area contributed by atoms with E-state index >= 15 is 0 Å². The lowest BCUT2D eigenvalue weighted by Gasteiger charge is -2.30. The highest BCUT2D eigenvalue weighted by atomic mass is 32.2. The number of alkyl halides is 3. The van der Waals surface area contributed by atoms with Crippen molar-refractivity contribution in [1.29, 1.82) is 0 Å². The number of carbonyl (C=O) groups is 1. The third-order valence-corrected chi connectivity index (χ3v) is 8.05. The van der Waals surface area contributed by atoms with E-state index in [2.05, 4.69) is 20.3 Å². The molecule has 0 radical (unpaired) electrons. The standard InChI is InChI=1S/C22H22F3N5O3S2/c1-13-9-14(12-31)3-4-16(13)20-26-11-18(34-20)19-17(22(23,24)25)10-27-21(29-19)28-15-5-7-30(8-6-15)35(2,32)33/h3-4,9-12,15H,5-8H2,1-2H3,(H,27,28,29). The molecule has 0 unspecified atom stereocenters. The number of aromatic nitrogens is 3. The van der Waals surface area contributed by atoms with Gasteiger partial charge in [0.15, 0.2) is 0 Å². The zero-order valence-corrected chi connectivity index (χ0v) is 20.5. The first-order valence-electron chi connectivity index (χ1n) is 10.6. The van der Waals surface area contributed by atoms with Crippen molar-refractivity contribution in [2.45, 2.75) is 32.0 Å². The van der Waals surface area contributed by atoms with Crippen LogP contribution in [0, 0.1) is 6.92 Å². The summed E-state index contributed by atoms with van der Waals surface area (Å²) in [6, 6.07) is 4.85. The molecule has 13 heteroatoms.